The Labute approximate surface area is 259 Å². The Morgan fingerprint density at radius 3 is 2.55 bits per heavy atom. The molecule has 5 rings (SSSR count). The SMILES string of the molecule is COC(=O)Nc1nnc(-c2ccc(NC(=O)[C@H](Cc3ccccc3)NC(=O)C=Cc3cc(Cl)ccc3-n3cnnn3)cc2)s1. The predicted molar refractivity (Wildman–Crippen MR) is 165 cm³/mol. The molecule has 15 heteroatoms. The van der Waals surface area contributed by atoms with Crippen molar-refractivity contribution >= 4 is 57.7 Å². The van der Waals surface area contributed by atoms with Gasteiger partial charge in [0.15, 0.2) is 0 Å². The monoisotopic (exact) mass is 629 g/mol. The van der Waals surface area contributed by atoms with Crippen molar-refractivity contribution in [2.24, 2.45) is 0 Å². The summed E-state index contributed by atoms with van der Waals surface area (Å²) in [5, 5.41) is 28.7. The first-order valence-electron chi connectivity index (χ1n) is 13.0. The Kier molecular flexibility index (Phi) is 9.64. The van der Waals surface area contributed by atoms with Crippen molar-refractivity contribution in [3.8, 4) is 16.3 Å². The van der Waals surface area contributed by atoms with Crippen molar-refractivity contribution in [2.75, 3.05) is 17.7 Å². The number of anilines is 2. The molecule has 5 aromatic rings. The van der Waals surface area contributed by atoms with Gasteiger partial charge in [0, 0.05) is 34.3 Å². The molecule has 0 fully saturated rings. The van der Waals surface area contributed by atoms with Gasteiger partial charge in [-0.25, -0.2) is 4.79 Å². The number of amides is 3. The smallest absolute Gasteiger partial charge is 0.413 e. The Hall–Kier alpha value is -5.47. The van der Waals surface area contributed by atoms with Crippen LogP contribution in [0.3, 0.4) is 0 Å². The highest BCUT2D eigenvalue weighted by Gasteiger charge is 2.21. The lowest BCUT2D eigenvalue weighted by molar-refractivity contribution is -0.123. The molecular weight excluding hydrogens is 606 g/mol. The van der Waals surface area contributed by atoms with Crippen molar-refractivity contribution in [2.45, 2.75) is 12.5 Å². The van der Waals surface area contributed by atoms with E-state index < -0.39 is 23.9 Å². The first-order valence-corrected chi connectivity index (χ1v) is 14.2. The summed E-state index contributed by atoms with van der Waals surface area (Å²) in [5.74, 6) is -0.882. The Morgan fingerprint density at radius 2 is 1.82 bits per heavy atom. The first-order chi connectivity index (χ1) is 21.4. The number of ether oxygens (including phenoxy) is 1. The van der Waals surface area contributed by atoms with E-state index in [1.807, 2.05) is 30.3 Å². The summed E-state index contributed by atoms with van der Waals surface area (Å²) in [7, 11) is 1.26. The second-order valence-corrected chi connectivity index (χ2v) is 10.6. The summed E-state index contributed by atoms with van der Waals surface area (Å²) < 4.78 is 6.02. The Balaban J connectivity index is 1.29. The highest BCUT2D eigenvalue weighted by molar-refractivity contribution is 7.18. The number of aromatic nitrogens is 6. The highest BCUT2D eigenvalue weighted by atomic mass is 35.5. The molecule has 222 valence electrons. The third-order valence-corrected chi connectivity index (χ3v) is 7.26. The Bertz CT molecular complexity index is 1780. The molecule has 44 heavy (non-hydrogen) atoms. The summed E-state index contributed by atoms with van der Waals surface area (Å²) in [6, 6.07) is 20.5. The number of carbonyl (C=O) groups excluding carboxylic acids is 3. The van der Waals surface area contributed by atoms with Gasteiger partial charge >= 0.3 is 6.09 Å². The van der Waals surface area contributed by atoms with Crippen LogP contribution in [-0.4, -0.2) is 61.5 Å². The largest absolute Gasteiger partial charge is 0.453 e. The van der Waals surface area contributed by atoms with Crippen LogP contribution < -0.4 is 16.0 Å². The molecule has 13 nitrogen and oxygen atoms in total. The zero-order chi connectivity index (χ0) is 30.9. The van der Waals surface area contributed by atoms with Crippen LogP contribution in [0.1, 0.15) is 11.1 Å². The maximum atomic E-state index is 13.4. The summed E-state index contributed by atoms with van der Waals surface area (Å²) in [6.45, 7) is 0. The lowest BCUT2D eigenvalue weighted by Crippen LogP contribution is -2.44. The third kappa shape index (κ3) is 7.87. The first kappa shape index (κ1) is 30.0. The minimum Gasteiger partial charge on any atom is -0.453 e. The van der Waals surface area contributed by atoms with Crippen LogP contribution >= 0.6 is 22.9 Å². The summed E-state index contributed by atoms with van der Waals surface area (Å²) in [4.78, 5) is 37.9. The fourth-order valence-corrected chi connectivity index (χ4v) is 4.95. The van der Waals surface area contributed by atoms with Crippen molar-refractivity contribution in [1.82, 2.24) is 35.7 Å². The van der Waals surface area contributed by atoms with E-state index in [0.717, 1.165) is 11.1 Å². The molecule has 3 N–H and O–H groups in total. The molecule has 0 saturated carbocycles. The quantitative estimate of drug-likeness (QED) is 0.190. The van der Waals surface area contributed by atoms with E-state index in [0.29, 0.717) is 32.1 Å². The van der Waals surface area contributed by atoms with E-state index in [9.17, 15) is 14.4 Å². The minimum absolute atomic E-state index is 0.262. The van der Waals surface area contributed by atoms with Gasteiger partial charge in [-0.2, -0.15) is 4.68 Å². The summed E-state index contributed by atoms with van der Waals surface area (Å²) in [5.41, 5.74) is 3.35. The van der Waals surface area contributed by atoms with Gasteiger partial charge < -0.3 is 15.4 Å². The van der Waals surface area contributed by atoms with Gasteiger partial charge in [-0.1, -0.05) is 53.3 Å². The number of hydrogen-bond donors (Lipinski definition) is 3. The van der Waals surface area contributed by atoms with E-state index in [-0.39, 0.29) is 6.42 Å². The van der Waals surface area contributed by atoms with Crippen LogP contribution in [0, 0.1) is 0 Å². The standard InChI is InChI=1S/C29H24ClN9O4S/c1-43-29(42)34-28-36-35-27(44-28)19-7-11-22(12-8-19)32-26(41)23(15-18-5-3-2-4-6-18)33-25(40)14-9-20-16-21(30)10-13-24(20)39-17-31-37-38-39/h2-14,16-17,23H,15H2,1H3,(H,32,41)(H,33,40)(H,34,36,42)/t23-/m0/s1. The van der Waals surface area contributed by atoms with Crippen LogP contribution in [0.15, 0.2) is 85.2 Å². The molecular formula is C29H24ClN9O4S. The number of hydrogen-bond acceptors (Lipinski definition) is 10. The fraction of sp³-hybridized carbons (Fsp3) is 0.103. The molecule has 3 aromatic carbocycles. The molecule has 2 heterocycles. The van der Waals surface area contributed by atoms with Crippen LogP contribution in [0.2, 0.25) is 5.02 Å². The van der Waals surface area contributed by atoms with Gasteiger partial charge in [-0.15, -0.1) is 15.3 Å². The third-order valence-electron chi connectivity index (χ3n) is 6.13. The molecule has 3 amide bonds. The zero-order valence-electron chi connectivity index (χ0n) is 23.0. The molecule has 0 spiro atoms. The van der Waals surface area contributed by atoms with Crippen molar-refractivity contribution < 1.29 is 19.1 Å². The fourth-order valence-electron chi connectivity index (χ4n) is 4.04. The molecule has 2 aromatic heterocycles. The van der Waals surface area contributed by atoms with E-state index in [1.165, 1.54) is 35.5 Å². The van der Waals surface area contributed by atoms with E-state index in [2.05, 4.69) is 46.4 Å². The minimum atomic E-state index is -0.886. The number of methoxy groups -OCH3 is 1. The van der Waals surface area contributed by atoms with Crippen LogP contribution in [-0.2, 0) is 20.7 Å². The van der Waals surface area contributed by atoms with Gasteiger partial charge in [0.2, 0.25) is 16.9 Å². The molecule has 0 unspecified atom stereocenters. The van der Waals surface area contributed by atoms with Crippen molar-refractivity contribution in [3.63, 3.8) is 0 Å². The number of halogens is 1. The number of nitrogens with zero attached hydrogens (tertiary/aromatic N) is 6. The van der Waals surface area contributed by atoms with E-state index >= 15 is 0 Å². The highest BCUT2D eigenvalue weighted by Crippen LogP contribution is 2.27. The van der Waals surface area contributed by atoms with Gasteiger partial charge in [0.1, 0.15) is 17.4 Å². The maximum absolute atomic E-state index is 13.4. The summed E-state index contributed by atoms with van der Waals surface area (Å²) in [6.07, 6.45) is 3.95. The second kappa shape index (κ2) is 14.1. The normalized spacial score (nSPS) is 11.6. The van der Waals surface area contributed by atoms with Crippen LogP contribution in [0.25, 0.3) is 22.3 Å². The lowest BCUT2D eigenvalue weighted by Gasteiger charge is -2.18. The molecule has 0 aliphatic carbocycles. The average molecular weight is 630 g/mol. The van der Waals surface area contributed by atoms with Crippen LogP contribution in [0.5, 0.6) is 0 Å². The predicted octanol–water partition coefficient (Wildman–Crippen LogP) is 4.39. The molecule has 0 bridgehead atoms. The zero-order valence-corrected chi connectivity index (χ0v) is 24.6. The van der Waals surface area contributed by atoms with Gasteiger partial charge in [0.25, 0.3) is 0 Å². The van der Waals surface area contributed by atoms with Crippen LogP contribution in [0.4, 0.5) is 15.6 Å². The van der Waals surface area contributed by atoms with Crippen molar-refractivity contribution in [3.05, 3.63) is 101 Å². The molecule has 1 atom stereocenters. The number of carbonyl (C=O) groups is 3. The Morgan fingerprint density at radius 1 is 1.02 bits per heavy atom. The van der Waals surface area contributed by atoms with E-state index in [4.69, 9.17) is 11.6 Å². The number of benzene rings is 3. The number of rotatable bonds is 10. The molecule has 0 radical (unpaired) electrons. The lowest BCUT2D eigenvalue weighted by atomic mass is 10.0. The molecule has 0 saturated heterocycles. The average Bonchev–Trinajstić information content (AvgIpc) is 3.74. The molecule has 0 aliphatic heterocycles. The molecule has 0 aliphatic rings. The van der Waals surface area contributed by atoms with Crippen molar-refractivity contribution in [1.29, 1.82) is 0 Å². The number of tetrazole rings is 1. The van der Waals surface area contributed by atoms with Gasteiger partial charge in [-0.05, 0) is 64.5 Å². The van der Waals surface area contributed by atoms with Gasteiger partial charge in [-0.3, -0.25) is 14.9 Å². The maximum Gasteiger partial charge on any atom is 0.413 e. The second-order valence-electron chi connectivity index (χ2n) is 9.14. The summed E-state index contributed by atoms with van der Waals surface area (Å²) >= 11 is 7.35. The number of nitrogens with one attached hydrogen (secondary N) is 3. The van der Waals surface area contributed by atoms with E-state index in [1.54, 1.807) is 48.5 Å². The van der Waals surface area contributed by atoms with Gasteiger partial charge in [0.05, 0.1) is 12.8 Å². The topological polar surface area (TPSA) is 166 Å².